The smallest absolute Gasteiger partial charge is 0.402 e. The lowest BCUT2D eigenvalue weighted by Crippen LogP contribution is -2.49. The van der Waals surface area contributed by atoms with Gasteiger partial charge in [-0.25, -0.2) is 4.98 Å². The Bertz CT molecular complexity index is 1010. The fraction of sp³-hybridized carbons (Fsp3) is 0.652. The maximum Gasteiger partial charge on any atom is 0.573 e. The molecule has 3 heterocycles. The van der Waals surface area contributed by atoms with Gasteiger partial charge in [0, 0.05) is 48.0 Å². The molecule has 3 aliphatic rings. The van der Waals surface area contributed by atoms with Gasteiger partial charge in [0.25, 0.3) is 0 Å². The summed E-state index contributed by atoms with van der Waals surface area (Å²) in [7, 11) is 0. The third kappa shape index (κ3) is 4.30. The van der Waals surface area contributed by atoms with Crippen molar-refractivity contribution >= 4 is 5.82 Å². The number of ether oxygens (including phenoxy) is 2. The summed E-state index contributed by atoms with van der Waals surface area (Å²) in [6, 6.07) is 4.46. The van der Waals surface area contributed by atoms with Crippen molar-refractivity contribution in [3.8, 4) is 17.0 Å². The van der Waals surface area contributed by atoms with E-state index in [0.717, 1.165) is 25.5 Å². The first-order valence-electron chi connectivity index (χ1n) is 11.6. The lowest BCUT2D eigenvalue weighted by molar-refractivity contribution is -0.274. The molecule has 2 aliphatic carbocycles. The summed E-state index contributed by atoms with van der Waals surface area (Å²) >= 11 is 0. The molecule has 7 nitrogen and oxygen atoms in total. The Kier molecular flexibility index (Phi) is 5.55. The standard InChI is InChI=1S/C23H30F3N5O2/c1-12(2)31-19(21-16-7-15(8-17(16)21)30-4-5-32-11-13(30)3)9-18(29-31)14-6-20(22(27)28-10-14)33-23(24,25)26/h6,9-10,12-13,15-17,21H,4-5,7-8,11H2,1-3H3,(H2,27,28)/t13-,15-,16-,17+,21+/m0/s1. The van der Waals surface area contributed by atoms with E-state index in [1.54, 1.807) is 0 Å². The second kappa shape index (κ2) is 8.16. The highest BCUT2D eigenvalue weighted by atomic mass is 19.4. The van der Waals surface area contributed by atoms with Gasteiger partial charge in [-0.2, -0.15) is 5.10 Å². The number of rotatable bonds is 5. The van der Waals surface area contributed by atoms with Crippen molar-refractivity contribution in [1.82, 2.24) is 19.7 Å². The monoisotopic (exact) mass is 465 g/mol. The van der Waals surface area contributed by atoms with Gasteiger partial charge in [-0.1, -0.05) is 0 Å². The Morgan fingerprint density at radius 3 is 2.58 bits per heavy atom. The van der Waals surface area contributed by atoms with Crippen LogP contribution in [0.5, 0.6) is 5.75 Å². The third-order valence-electron chi connectivity index (χ3n) is 7.31. The molecule has 3 fully saturated rings. The summed E-state index contributed by atoms with van der Waals surface area (Å²) in [5.41, 5.74) is 7.78. The van der Waals surface area contributed by atoms with Gasteiger partial charge in [0.1, 0.15) is 0 Å². The topological polar surface area (TPSA) is 78.4 Å². The van der Waals surface area contributed by atoms with Crippen molar-refractivity contribution in [2.75, 3.05) is 25.5 Å². The Hall–Kier alpha value is -2.33. The Morgan fingerprint density at radius 1 is 1.21 bits per heavy atom. The zero-order valence-corrected chi connectivity index (χ0v) is 19.0. The van der Waals surface area contributed by atoms with Crippen LogP contribution in [0.1, 0.15) is 51.3 Å². The van der Waals surface area contributed by atoms with Gasteiger partial charge in [-0.3, -0.25) is 9.58 Å². The van der Waals surface area contributed by atoms with E-state index >= 15 is 0 Å². The van der Waals surface area contributed by atoms with Crippen LogP contribution in [-0.2, 0) is 4.74 Å². The molecule has 2 saturated carbocycles. The minimum Gasteiger partial charge on any atom is -0.402 e. The molecule has 5 atom stereocenters. The molecule has 2 aromatic heterocycles. The molecule has 10 heteroatoms. The minimum absolute atomic E-state index is 0.137. The van der Waals surface area contributed by atoms with Gasteiger partial charge in [0.15, 0.2) is 11.6 Å². The quantitative estimate of drug-likeness (QED) is 0.713. The number of nitrogens with zero attached hydrogens (tertiary/aromatic N) is 4. The van der Waals surface area contributed by atoms with Gasteiger partial charge >= 0.3 is 6.36 Å². The van der Waals surface area contributed by atoms with E-state index < -0.39 is 12.1 Å². The molecule has 0 spiro atoms. The first-order chi connectivity index (χ1) is 15.6. The van der Waals surface area contributed by atoms with Crippen LogP contribution in [0.3, 0.4) is 0 Å². The van der Waals surface area contributed by atoms with Crippen molar-refractivity contribution < 1.29 is 22.6 Å². The maximum absolute atomic E-state index is 12.7. The minimum atomic E-state index is -4.84. The summed E-state index contributed by atoms with van der Waals surface area (Å²) in [6.07, 6.45) is -1.05. The van der Waals surface area contributed by atoms with Crippen molar-refractivity contribution in [2.45, 2.75) is 64.0 Å². The Morgan fingerprint density at radius 2 is 1.94 bits per heavy atom. The van der Waals surface area contributed by atoms with Crippen LogP contribution >= 0.6 is 0 Å². The predicted molar refractivity (Wildman–Crippen MR) is 117 cm³/mol. The van der Waals surface area contributed by atoms with Crippen LogP contribution in [0.4, 0.5) is 19.0 Å². The molecule has 5 rings (SSSR count). The van der Waals surface area contributed by atoms with Crippen LogP contribution in [0.25, 0.3) is 11.3 Å². The molecular formula is C23H30F3N5O2. The molecule has 0 aromatic carbocycles. The highest BCUT2D eigenvalue weighted by Gasteiger charge is 2.59. The lowest BCUT2D eigenvalue weighted by Gasteiger charge is -2.38. The molecule has 0 radical (unpaired) electrons. The fourth-order valence-corrected chi connectivity index (χ4v) is 5.82. The molecular weight excluding hydrogens is 435 g/mol. The van der Waals surface area contributed by atoms with Gasteiger partial charge in [-0.05, 0) is 57.6 Å². The Balaban J connectivity index is 1.36. The largest absolute Gasteiger partial charge is 0.573 e. The molecule has 2 aromatic rings. The maximum atomic E-state index is 12.7. The summed E-state index contributed by atoms with van der Waals surface area (Å²) in [6.45, 7) is 8.97. The summed E-state index contributed by atoms with van der Waals surface area (Å²) in [5.74, 6) is 0.876. The van der Waals surface area contributed by atoms with Gasteiger partial charge < -0.3 is 15.2 Å². The predicted octanol–water partition coefficient (Wildman–Crippen LogP) is 4.22. The number of alkyl halides is 3. The number of nitrogens with two attached hydrogens (primary N) is 1. The van der Waals surface area contributed by atoms with Gasteiger partial charge in [0.2, 0.25) is 0 Å². The summed E-state index contributed by atoms with van der Waals surface area (Å²) in [5, 5.41) is 4.73. The number of morpholine rings is 1. The molecule has 0 amide bonds. The van der Waals surface area contributed by atoms with Crippen LogP contribution in [0.2, 0.25) is 0 Å². The number of hydrogen-bond acceptors (Lipinski definition) is 6. The average Bonchev–Trinajstić information content (AvgIpc) is 3.09. The van der Waals surface area contributed by atoms with Crippen LogP contribution in [0.15, 0.2) is 18.3 Å². The number of hydrogen-bond donors (Lipinski definition) is 1. The van der Waals surface area contributed by atoms with Gasteiger partial charge in [-0.15, -0.1) is 13.2 Å². The summed E-state index contributed by atoms with van der Waals surface area (Å²) in [4.78, 5) is 6.50. The van der Waals surface area contributed by atoms with E-state index in [0.29, 0.717) is 41.1 Å². The van der Waals surface area contributed by atoms with Crippen LogP contribution < -0.4 is 10.5 Å². The second-order valence-electron chi connectivity index (χ2n) is 9.79. The van der Waals surface area contributed by atoms with Crippen molar-refractivity contribution in [3.05, 3.63) is 24.0 Å². The third-order valence-corrected chi connectivity index (χ3v) is 7.31. The van der Waals surface area contributed by atoms with E-state index in [-0.39, 0.29) is 11.9 Å². The van der Waals surface area contributed by atoms with E-state index in [1.165, 1.54) is 25.1 Å². The van der Waals surface area contributed by atoms with Crippen molar-refractivity contribution in [3.63, 3.8) is 0 Å². The van der Waals surface area contributed by atoms with E-state index in [9.17, 15) is 13.2 Å². The fourth-order valence-electron chi connectivity index (χ4n) is 5.82. The SMILES string of the molecule is CC(C)n1nc(-c2cnc(N)c(OC(F)(F)F)c2)cc1[C@H]1[C@@H]2C[C@@H](N3CCOC[C@@H]3C)C[C@@H]21. The zero-order valence-electron chi connectivity index (χ0n) is 19.0. The van der Waals surface area contributed by atoms with Crippen LogP contribution in [0, 0.1) is 11.8 Å². The number of halogens is 3. The molecule has 1 aliphatic heterocycles. The second-order valence-corrected chi connectivity index (χ2v) is 9.79. The lowest BCUT2D eigenvalue weighted by atomic mass is 10.0. The molecule has 0 unspecified atom stereocenters. The highest BCUT2D eigenvalue weighted by molar-refractivity contribution is 5.64. The first kappa shape index (κ1) is 22.5. The summed E-state index contributed by atoms with van der Waals surface area (Å²) < 4.78 is 49.8. The van der Waals surface area contributed by atoms with Crippen molar-refractivity contribution in [2.24, 2.45) is 11.8 Å². The first-order valence-corrected chi connectivity index (χ1v) is 11.6. The molecule has 1 saturated heterocycles. The number of aromatic nitrogens is 3. The van der Waals surface area contributed by atoms with Crippen LogP contribution in [-0.4, -0.2) is 57.9 Å². The number of nitrogen functional groups attached to an aromatic ring is 1. The van der Waals surface area contributed by atoms with Gasteiger partial charge in [0.05, 0.1) is 18.9 Å². The van der Waals surface area contributed by atoms with E-state index in [1.807, 2.05) is 10.7 Å². The highest BCUT2D eigenvalue weighted by Crippen LogP contribution is 2.64. The Labute approximate surface area is 191 Å². The van der Waals surface area contributed by atoms with E-state index in [4.69, 9.17) is 15.6 Å². The molecule has 180 valence electrons. The zero-order chi connectivity index (χ0) is 23.5. The molecule has 0 bridgehead atoms. The molecule has 33 heavy (non-hydrogen) atoms. The molecule has 2 N–H and O–H groups in total. The van der Waals surface area contributed by atoms with Crippen molar-refractivity contribution in [1.29, 1.82) is 0 Å². The number of fused-ring (bicyclic) bond motifs is 1. The normalized spacial score (nSPS) is 30.0. The van der Waals surface area contributed by atoms with E-state index in [2.05, 4.69) is 35.4 Å². The number of pyridine rings is 1. The number of anilines is 1. The average molecular weight is 466 g/mol.